The van der Waals surface area contributed by atoms with E-state index >= 15 is 0 Å². The Morgan fingerprint density at radius 1 is 1.41 bits per heavy atom. The molecule has 1 saturated carbocycles. The number of fused-ring (bicyclic) bond motifs is 1. The normalized spacial score (nSPS) is 27.0. The second kappa shape index (κ2) is 6.82. The van der Waals surface area contributed by atoms with E-state index in [-0.39, 0.29) is 42.7 Å². The van der Waals surface area contributed by atoms with Crippen molar-refractivity contribution in [3.63, 3.8) is 0 Å². The molecule has 3 atom stereocenters. The predicted molar refractivity (Wildman–Crippen MR) is 96.2 cm³/mol. The largest absolute Gasteiger partial charge is 0.353 e. The highest BCUT2D eigenvalue weighted by Crippen LogP contribution is 2.40. The van der Waals surface area contributed by atoms with Crippen LogP contribution in [0.1, 0.15) is 56.3 Å². The van der Waals surface area contributed by atoms with Crippen LogP contribution in [0.3, 0.4) is 0 Å². The summed E-state index contributed by atoms with van der Waals surface area (Å²) >= 11 is 0. The third-order valence-corrected chi connectivity index (χ3v) is 5.89. The van der Waals surface area contributed by atoms with Crippen molar-refractivity contribution in [1.29, 1.82) is 0 Å². The Kier molecular flexibility index (Phi) is 4.61. The molecule has 0 spiro atoms. The third-order valence-electron chi connectivity index (χ3n) is 5.89. The maximum atomic E-state index is 13.4. The van der Waals surface area contributed by atoms with Crippen LogP contribution in [0.5, 0.6) is 0 Å². The van der Waals surface area contributed by atoms with Crippen molar-refractivity contribution in [2.75, 3.05) is 0 Å². The lowest BCUT2D eigenvalue weighted by atomic mass is 9.81. The Morgan fingerprint density at radius 2 is 2.15 bits per heavy atom. The molecule has 146 valence electrons. The number of rotatable bonds is 4. The van der Waals surface area contributed by atoms with Gasteiger partial charge in [0, 0.05) is 24.8 Å². The Bertz CT molecular complexity index is 842. The third kappa shape index (κ3) is 3.81. The van der Waals surface area contributed by atoms with Gasteiger partial charge >= 0.3 is 0 Å². The first-order valence-corrected chi connectivity index (χ1v) is 9.59. The molecule has 0 radical (unpaired) electrons. The highest BCUT2D eigenvalue weighted by molar-refractivity contribution is 5.81. The summed E-state index contributed by atoms with van der Waals surface area (Å²) in [5.74, 6) is -2.50. The summed E-state index contributed by atoms with van der Waals surface area (Å²) in [5.41, 5.74) is 8.64. The van der Waals surface area contributed by atoms with Crippen molar-refractivity contribution in [1.82, 2.24) is 19.9 Å². The van der Waals surface area contributed by atoms with Gasteiger partial charge in [0.25, 0.3) is 0 Å². The van der Waals surface area contributed by atoms with Crippen LogP contribution < -0.4 is 11.1 Å². The molecule has 1 amide bonds. The second-order valence-corrected chi connectivity index (χ2v) is 8.10. The van der Waals surface area contributed by atoms with Crippen molar-refractivity contribution in [2.24, 2.45) is 17.6 Å². The number of hydrogen-bond donors (Lipinski definition) is 2. The minimum absolute atomic E-state index is 0.0117. The first-order chi connectivity index (χ1) is 12.8. The van der Waals surface area contributed by atoms with Crippen LogP contribution in [0.2, 0.25) is 0 Å². The second-order valence-electron chi connectivity index (χ2n) is 8.10. The molecule has 3 N–H and O–H groups in total. The van der Waals surface area contributed by atoms with Crippen LogP contribution >= 0.6 is 0 Å². The monoisotopic (exact) mass is 377 g/mol. The zero-order chi connectivity index (χ0) is 19.2. The molecular weight excluding hydrogens is 352 g/mol. The number of carbonyl (C=O) groups excluding carboxylic acids is 1. The molecule has 2 aliphatic rings. The van der Waals surface area contributed by atoms with E-state index in [9.17, 15) is 13.6 Å². The van der Waals surface area contributed by atoms with Gasteiger partial charge < -0.3 is 11.1 Å². The molecule has 1 aliphatic heterocycles. The number of nitrogens with one attached hydrogen (secondary N) is 1. The van der Waals surface area contributed by atoms with E-state index in [1.165, 1.54) is 0 Å². The minimum Gasteiger partial charge on any atom is -0.353 e. The van der Waals surface area contributed by atoms with Gasteiger partial charge in [-0.15, -0.1) is 0 Å². The maximum Gasteiger partial charge on any atom is 0.248 e. The molecule has 0 aromatic carbocycles. The fourth-order valence-corrected chi connectivity index (χ4v) is 4.28. The van der Waals surface area contributed by atoms with Gasteiger partial charge in [-0.1, -0.05) is 0 Å². The summed E-state index contributed by atoms with van der Waals surface area (Å²) < 4.78 is 28.4. The van der Waals surface area contributed by atoms with E-state index in [4.69, 9.17) is 5.73 Å². The van der Waals surface area contributed by atoms with Gasteiger partial charge in [0.05, 0.1) is 24.1 Å². The highest BCUT2D eigenvalue weighted by atomic mass is 19.3. The lowest BCUT2D eigenvalue weighted by Gasteiger charge is -2.31. The summed E-state index contributed by atoms with van der Waals surface area (Å²) in [5, 5.41) is 7.32. The number of nitrogens with zero attached hydrogens (tertiary/aromatic N) is 3. The fourth-order valence-electron chi connectivity index (χ4n) is 4.28. The van der Waals surface area contributed by atoms with E-state index in [2.05, 4.69) is 15.4 Å². The molecule has 1 saturated heterocycles. The predicted octanol–water partition coefficient (Wildman–Crippen LogP) is 2.62. The van der Waals surface area contributed by atoms with Gasteiger partial charge in [0.15, 0.2) is 5.65 Å². The molecule has 27 heavy (non-hydrogen) atoms. The first-order valence-electron chi connectivity index (χ1n) is 9.59. The number of imidazole rings is 1. The van der Waals surface area contributed by atoms with Gasteiger partial charge in [-0.2, -0.15) is 5.10 Å². The summed E-state index contributed by atoms with van der Waals surface area (Å²) in [6.07, 6.45) is 5.59. The van der Waals surface area contributed by atoms with Gasteiger partial charge in [-0.25, -0.2) is 18.3 Å². The van der Waals surface area contributed by atoms with Crippen LogP contribution in [-0.4, -0.2) is 32.5 Å². The molecule has 2 aromatic rings. The van der Waals surface area contributed by atoms with Crippen LogP contribution in [0, 0.1) is 11.8 Å². The molecule has 8 heteroatoms. The topological polar surface area (TPSA) is 85.3 Å². The SMILES string of the molecule is CC1CC(Cc2cnn3cc([C@@H](N)C4CCC(F)(F)CC4)nc3c2)C(=O)N1. The fraction of sp³-hybridized carbons (Fsp3) is 0.632. The number of alkyl halides is 2. The molecular formula is C19H25F2N5O. The molecule has 3 heterocycles. The molecule has 2 unspecified atom stereocenters. The summed E-state index contributed by atoms with van der Waals surface area (Å²) in [7, 11) is 0. The van der Waals surface area contributed by atoms with Crippen LogP contribution in [0.4, 0.5) is 8.78 Å². The van der Waals surface area contributed by atoms with Crippen LogP contribution in [0.15, 0.2) is 18.5 Å². The van der Waals surface area contributed by atoms with E-state index in [1.54, 1.807) is 16.9 Å². The molecule has 0 bridgehead atoms. The van der Waals surface area contributed by atoms with Gasteiger partial charge in [0.2, 0.25) is 11.8 Å². The van der Waals surface area contributed by atoms with Crippen LogP contribution in [-0.2, 0) is 11.2 Å². The maximum absolute atomic E-state index is 13.4. The highest BCUT2D eigenvalue weighted by Gasteiger charge is 2.37. The number of amides is 1. The molecule has 4 rings (SSSR count). The molecule has 1 aliphatic carbocycles. The summed E-state index contributed by atoms with van der Waals surface area (Å²) in [4.78, 5) is 16.5. The zero-order valence-corrected chi connectivity index (χ0v) is 15.4. The zero-order valence-electron chi connectivity index (χ0n) is 15.4. The molecule has 6 nitrogen and oxygen atoms in total. The molecule has 2 fully saturated rings. The van der Waals surface area contributed by atoms with E-state index in [1.807, 2.05) is 13.0 Å². The van der Waals surface area contributed by atoms with Crippen molar-refractivity contribution in [2.45, 2.75) is 63.5 Å². The Morgan fingerprint density at radius 3 is 2.81 bits per heavy atom. The number of nitrogens with two attached hydrogens (primary N) is 1. The number of carbonyl (C=O) groups is 1. The van der Waals surface area contributed by atoms with Gasteiger partial charge in [0.1, 0.15) is 0 Å². The van der Waals surface area contributed by atoms with E-state index < -0.39 is 5.92 Å². The lowest BCUT2D eigenvalue weighted by Crippen LogP contribution is -2.31. The average Bonchev–Trinajstić information content (AvgIpc) is 3.17. The number of hydrogen-bond acceptors (Lipinski definition) is 4. The standard InChI is InChI=1S/C19H25F2N5O/c1-11-6-14(18(27)24-11)7-12-8-16-25-15(10-26(16)23-9-12)17(22)13-2-4-19(20,21)5-3-13/h8-11,13-14,17H,2-7,22H2,1H3,(H,24,27)/t11?,14?,17-/m0/s1. The summed E-state index contributed by atoms with van der Waals surface area (Å²) in [6, 6.07) is 1.76. The Labute approximate surface area is 156 Å². The molecule has 2 aromatic heterocycles. The van der Waals surface area contributed by atoms with Crippen molar-refractivity contribution < 1.29 is 13.6 Å². The first kappa shape index (κ1) is 18.3. The number of halogens is 2. The number of aromatic nitrogens is 3. The van der Waals surface area contributed by atoms with E-state index in [0.717, 1.165) is 12.0 Å². The minimum atomic E-state index is -2.56. The van der Waals surface area contributed by atoms with Gasteiger partial charge in [-0.3, -0.25) is 4.79 Å². The van der Waals surface area contributed by atoms with E-state index in [0.29, 0.717) is 30.6 Å². The van der Waals surface area contributed by atoms with Crippen molar-refractivity contribution >= 4 is 11.6 Å². The van der Waals surface area contributed by atoms with Crippen molar-refractivity contribution in [3.05, 3.63) is 29.7 Å². The smallest absolute Gasteiger partial charge is 0.248 e. The summed E-state index contributed by atoms with van der Waals surface area (Å²) in [6.45, 7) is 2.00. The Hall–Kier alpha value is -2.09. The van der Waals surface area contributed by atoms with Gasteiger partial charge in [-0.05, 0) is 50.2 Å². The van der Waals surface area contributed by atoms with Crippen molar-refractivity contribution in [3.8, 4) is 0 Å². The van der Waals surface area contributed by atoms with Crippen LogP contribution in [0.25, 0.3) is 5.65 Å². The quantitative estimate of drug-likeness (QED) is 0.858. The lowest BCUT2D eigenvalue weighted by molar-refractivity contribution is -0.122. The Balaban J connectivity index is 1.48. The average molecular weight is 377 g/mol.